The molecule has 1 aromatic heterocycles. The Morgan fingerprint density at radius 1 is 1.10 bits per heavy atom. The molecule has 0 atom stereocenters. The van der Waals surface area contributed by atoms with Crippen LogP contribution in [0.2, 0.25) is 0 Å². The molecular weight excluding hydrogens is 405 g/mol. The summed E-state index contributed by atoms with van der Waals surface area (Å²) in [5, 5.41) is 7.91. The van der Waals surface area contributed by atoms with Gasteiger partial charge in [0.05, 0.1) is 12.7 Å². The molecule has 0 bridgehead atoms. The number of methoxy groups -OCH3 is 1. The number of halogens is 3. The fourth-order valence-corrected chi connectivity index (χ4v) is 2.28. The summed E-state index contributed by atoms with van der Waals surface area (Å²) < 4.78 is 48.0. The van der Waals surface area contributed by atoms with Crippen molar-refractivity contribution in [3.05, 3.63) is 47.7 Å². The molecule has 0 aliphatic carbocycles. The zero-order valence-corrected chi connectivity index (χ0v) is 16.3. The van der Waals surface area contributed by atoms with Crippen LogP contribution in [0.3, 0.4) is 0 Å². The molecular formula is C19H21F3N4O4. The number of hydrogen-bond acceptors (Lipinski definition) is 6. The Bertz CT molecular complexity index is 873. The van der Waals surface area contributed by atoms with Gasteiger partial charge >= 0.3 is 6.18 Å². The van der Waals surface area contributed by atoms with E-state index in [1.54, 1.807) is 0 Å². The molecule has 1 heterocycles. The Hall–Kier alpha value is -3.50. The smallest absolute Gasteiger partial charge is 0.417 e. The summed E-state index contributed by atoms with van der Waals surface area (Å²) in [5.41, 5.74) is -0.523. The Morgan fingerprint density at radius 3 is 2.47 bits per heavy atom. The zero-order chi connectivity index (χ0) is 22.1. The van der Waals surface area contributed by atoms with Crippen LogP contribution in [0.4, 0.5) is 19.0 Å². The third kappa shape index (κ3) is 6.54. The van der Waals surface area contributed by atoms with Gasteiger partial charge in [0.25, 0.3) is 11.8 Å². The van der Waals surface area contributed by atoms with Crippen LogP contribution in [0.15, 0.2) is 36.5 Å². The van der Waals surface area contributed by atoms with Gasteiger partial charge in [-0.1, -0.05) is 0 Å². The standard InChI is InChI=1S/C19H21F3N4O4/c1-23-17(27)11-30-14-5-3-12(9-15(14)29-2)18(28)25-8-7-24-16-6-4-13(10-26-16)19(20,21)22/h3-6,9-10H,7-8,11H2,1-2H3,(H,23,27)(H,24,26)(H,25,28). The number of rotatable bonds is 9. The highest BCUT2D eigenvalue weighted by Gasteiger charge is 2.30. The average molecular weight is 426 g/mol. The fraction of sp³-hybridized carbons (Fsp3) is 0.316. The molecule has 2 rings (SSSR count). The highest BCUT2D eigenvalue weighted by Crippen LogP contribution is 2.29. The van der Waals surface area contributed by atoms with Crippen molar-refractivity contribution in [2.24, 2.45) is 0 Å². The van der Waals surface area contributed by atoms with Gasteiger partial charge in [-0.2, -0.15) is 13.2 Å². The van der Waals surface area contributed by atoms with Gasteiger partial charge in [0.1, 0.15) is 5.82 Å². The van der Waals surface area contributed by atoms with Crippen LogP contribution in [0.5, 0.6) is 11.5 Å². The number of amides is 2. The van der Waals surface area contributed by atoms with Gasteiger partial charge in [0.15, 0.2) is 18.1 Å². The van der Waals surface area contributed by atoms with Crippen LogP contribution in [-0.2, 0) is 11.0 Å². The fourth-order valence-electron chi connectivity index (χ4n) is 2.28. The van der Waals surface area contributed by atoms with Crippen LogP contribution in [0.1, 0.15) is 15.9 Å². The first-order valence-corrected chi connectivity index (χ1v) is 8.81. The Morgan fingerprint density at radius 2 is 1.87 bits per heavy atom. The summed E-state index contributed by atoms with van der Waals surface area (Å²) in [6, 6.07) is 6.64. The van der Waals surface area contributed by atoms with Gasteiger partial charge in [0.2, 0.25) is 0 Å². The number of likely N-dealkylation sites (N-methyl/N-ethyl adjacent to an activating group) is 1. The van der Waals surface area contributed by atoms with Crippen molar-refractivity contribution in [3.8, 4) is 11.5 Å². The van der Waals surface area contributed by atoms with Crippen LogP contribution < -0.4 is 25.4 Å². The third-order valence-corrected chi connectivity index (χ3v) is 3.87. The number of nitrogens with one attached hydrogen (secondary N) is 3. The number of carbonyl (C=O) groups excluding carboxylic acids is 2. The van der Waals surface area contributed by atoms with Crippen LogP contribution in [0.25, 0.3) is 0 Å². The maximum absolute atomic E-state index is 12.5. The lowest BCUT2D eigenvalue weighted by Gasteiger charge is -2.12. The molecule has 8 nitrogen and oxygen atoms in total. The predicted molar refractivity (Wildman–Crippen MR) is 103 cm³/mol. The van der Waals surface area contributed by atoms with Crippen molar-refractivity contribution in [2.75, 3.05) is 39.2 Å². The van der Waals surface area contributed by atoms with Crippen molar-refractivity contribution in [2.45, 2.75) is 6.18 Å². The summed E-state index contributed by atoms with van der Waals surface area (Å²) >= 11 is 0. The quantitative estimate of drug-likeness (QED) is 0.531. The number of alkyl halides is 3. The van der Waals surface area contributed by atoms with Crippen molar-refractivity contribution >= 4 is 17.6 Å². The van der Waals surface area contributed by atoms with E-state index in [0.29, 0.717) is 17.1 Å². The topological polar surface area (TPSA) is 102 Å². The summed E-state index contributed by atoms with van der Waals surface area (Å²) in [5.74, 6) is 0.171. The van der Waals surface area contributed by atoms with Crippen LogP contribution in [-0.4, -0.2) is 50.7 Å². The lowest BCUT2D eigenvalue weighted by atomic mass is 10.2. The Balaban J connectivity index is 1.85. The average Bonchev–Trinajstić information content (AvgIpc) is 2.74. The van der Waals surface area contributed by atoms with E-state index < -0.39 is 11.7 Å². The number of ether oxygens (including phenoxy) is 2. The van der Waals surface area contributed by atoms with E-state index in [1.165, 1.54) is 38.4 Å². The highest BCUT2D eigenvalue weighted by molar-refractivity contribution is 5.94. The van der Waals surface area contributed by atoms with Crippen molar-refractivity contribution in [3.63, 3.8) is 0 Å². The predicted octanol–water partition coefficient (Wildman–Crippen LogP) is 2.08. The summed E-state index contributed by atoms with van der Waals surface area (Å²) in [6.45, 7) is 0.273. The number of anilines is 1. The molecule has 0 saturated heterocycles. The number of nitrogens with zero attached hydrogens (tertiary/aromatic N) is 1. The summed E-state index contributed by atoms with van der Waals surface area (Å²) in [7, 11) is 2.89. The molecule has 162 valence electrons. The van der Waals surface area contributed by atoms with E-state index in [-0.39, 0.29) is 37.3 Å². The monoisotopic (exact) mass is 426 g/mol. The number of hydrogen-bond donors (Lipinski definition) is 3. The largest absolute Gasteiger partial charge is 0.493 e. The van der Waals surface area contributed by atoms with Crippen molar-refractivity contribution in [1.82, 2.24) is 15.6 Å². The van der Waals surface area contributed by atoms with E-state index in [0.717, 1.165) is 12.3 Å². The molecule has 11 heteroatoms. The van der Waals surface area contributed by atoms with Crippen molar-refractivity contribution in [1.29, 1.82) is 0 Å². The second-order valence-corrected chi connectivity index (χ2v) is 5.94. The SMILES string of the molecule is CNC(=O)COc1ccc(C(=O)NCCNc2ccc(C(F)(F)F)cn2)cc1OC. The van der Waals surface area contributed by atoms with Gasteiger partial charge < -0.3 is 25.4 Å². The number of carbonyl (C=O) groups is 2. The molecule has 30 heavy (non-hydrogen) atoms. The van der Waals surface area contributed by atoms with Gasteiger partial charge in [-0.15, -0.1) is 0 Å². The first kappa shape index (κ1) is 22.8. The second-order valence-electron chi connectivity index (χ2n) is 5.94. The summed E-state index contributed by atoms with van der Waals surface area (Å²) in [6.07, 6.45) is -3.70. The zero-order valence-electron chi connectivity index (χ0n) is 16.3. The molecule has 0 radical (unpaired) electrons. The molecule has 0 unspecified atom stereocenters. The van der Waals surface area contributed by atoms with Gasteiger partial charge in [-0.25, -0.2) is 4.98 Å². The van der Waals surface area contributed by atoms with E-state index in [4.69, 9.17) is 9.47 Å². The molecule has 0 fully saturated rings. The molecule has 0 aliphatic rings. The van der Waals surface area contributed by atoms with Gasteiger partial charge in [-0.3, -0.25) is 9.59 Å². The summed E-state index contributed by atoms with van der Waals surface area (Å²) in [4.78, 5) is 27.2. The maximum atomic E-state index is 12.5. The number of benzene rings is 1. The lowest BCUT2D eigenvalue weighted by Crippen LogP contribution is -2.29. The van der Waals surface area contributed by atoms with E-state index in [9.17, 15) is 22.8 Å². The molecule has 3 N–H and O–H groups in total. The minimum Gasteiger partial charge on any atom is -0.493 e. The normalized spacial score (nSPS) is 10.8. The minimum atomic E-state index is -4.44. The Kier molecular flexibility index (Phi) is 7.84. The number of pyridine rings is 1. The Labute approximate surface area is 170 Å². The molecule has 0 spiro atoms. The molecule has 1 aromatic carbocycles. The third-order valence-electron chi connectivity index (χ3n) is 3.87. The van der Waals surface area contributed by atoms with Gasteiger partial charge in [0, 0.05) is 31.9 Å². The lowest BCUT2D eigenvalue weighted by molar-refractivity contribution is -0.137. The van der Waals surface area contributed by atoms with E-state index >= 15 is 0 Å². The highest BCUT2D eigenvalue weighted by atomic mass is 19.4. The molecule has 0 aliphatic heterocycles. The van der Waals surface area contributed by atoms with E-state index in [2.05, 4.69) is 20.9 Å². The first-order valence-electron chi connectivity index (χ1n) is 8.81. The molecule has 2 amide bonds. The first-order chi connectivity index (χ1) is 14.2. The molecule has 0 saturated carbocycles. The van der Waals surface area contributed by atoms with Crippen molar-refractivity contribution < 1.29 is 32.2 Å². The number of aromatic nitrogens is 1. The van der Waals surface area contributed by atoms with Crippen LogP contribution in [0, 0.1) is 0 Å². The van der Waals surface area contributed by atoms with Gasteiger partial charge in [-0.05, 0) is 30.3 Å². The minimum absolute atomic E-state index is 0.192. The van der Waals surface area contributed by atoms with E-state index in [1.807, 2.05) is 0 Å². The molecule has 2 aromatic rings. The van der Waals surface area contributed by atoms with Crippen LogP contribution >= 0.6 is 0 Å². The second kappa shape index (κ2) is 10.3. The maximum Gasteiger partial charge on any atom is 0.417 e.